The van der Waals surface area contributed by atoms with Crippen molar-refractivity contribution >= 4 is 17.6 Å². The Morgan fingerprint density at radius 2 is 1.64 bits per heavy atom. The van der Waals surface area contributed by atoms with E-state index in [4.69, 9.17) is 9.90 Å². The van der Waals surface area contributed by atoms with Gasteiger partial charge in [-0.2, -0.15) is 18.3 Å². The first-order valence-corrected chi connectivity index (χ1v) is 11.2. The molecule has 1 fully saturated rings. The van der Waals surface area contributed by atoms with E-state index in [1.165, 1.54) is 6.07 Å². The number of hydrogen-bond donors (Lipinski definition) is 1. The van der Waals surface area contributed by atoms with Crippen LogP contribution in [-0.4, -0.2) is 58.0 Å². The minimum Gasteiger partial charge on any atom is -0.475 e. The first-order chi connectivity index (χ1) is 17.1. The van der Waals surface area contributed by atoms with Gasteiger partial charge in [0.2, 0.25) is 5.91 Å². The Hall–Kier alpha value is -3.73. The van der Waals surface area contributed by atoms with Crippen molar-refractivity contribution in [3.8, 4) is 5.69 Å². The van der Waals surface area contributed by atoms with Crippen LogP contribution < -0.4 is 4.90 Å². The third kappa shape index (κ3) is 7.14. The van der Waals surface area contributed by atoms with Crippen LogP contribution in [-0.2, 0) is 16.1 Å². The number of carbonyl (C=O) groups is 2. The van der Waals surface area contributed by atoms with Crippen LogP contribution in [0.1, 0.15) is 18.4 Å². The van der Waals surface area contributed by atoms with Gasteiger partial charge in [-0.1, -0.05) is 30.3 Å². The third-order valence-corrected chi connectivity index (χ3v) is 5.79. The summed E-state index contributed by atoms with van der Waals surface area (Å²) in [6.45, 7) is 2.48. The maximum Gasteiger partial charge on any atom is 0.490 e. The number of hydrogen-bond acceptors (Lipinski definition) is 4. The molecule has 1 aliphatic rings. The Morgan fingerprint density at radius 1 is 1.06 bits per heavy atom. The normalized spacial score (nSPS) is 14.6. The summed E-state index contributed by atoms with van der Waals surface area (Å²) in [6, 6.07) is 16.4. The van der Waals surface area contributed by atoms with Crippen molar-refractivity contribution in [3.05, 3.63) is 78.4 Å². The number of carbonyl (C=O) groups excluding carboxylic acids is 1. The second-order valence-electron chi connectivity index (χ2n) is 8.33. The number of nitrogens with zero attached hydrogens (tertiary/aromatic N) is 4. The lowest BCUT2D eigenvalue weighted by atomic mass is 9.95. The lowest BCUT2D eigenvalue weighted by Gasteiger charge is -2.33. The van der Waals surface area contributed by atoms with E-state index in [1.54, 1.807) is 34.0 Å². The van der Waals surface area contributed by atoms with E-state index in [9.17, 15) is 22.4 Å². The predicted molar refractivity (Wildman–Crippen MR) is 125 cm³/mol. The minimum absolute atomic E-state index is 0.0533. The number of amides is 1. The lowest BCUT2D eigenvalue weighted by molar-refractivity contribution is -0.192. The van der Waals surface area contributed by atoms with Crippen LogP contribution in [0.3, 0.4) is 0 Å². The van der Waals surface area contributed by atoms with Gasteiger partial charge >= 0.3 is 12.1 Å². The van der Waals surface area contributed by atoms with E-state index in [0.29, 0.717) is 5.69 Å². The average molecular weight is 507 g/mol. The van der Waals surface area contributed by atoms with Gasteiger partial charge in [-0.25, -0.2) is 13.9 Å². The topological polar surface area (TPSA) is 78.7 Å². The summed E-state index contributed by atoms with van der Waals surface area (Å²) in [7, 11) is 1.85. The number of carboxylic acids is 1. The number of benzene rings is 2. The van der Waals surface area contributed by atoms with E-state index in [1.807, 2.05) is 43.6 Å². The molecule has 1 aromatic heterocycles. The number of aromatic nitrogens is 2. The van der Waals surface area contributed by atoms with Crippen LogP contribution in [0.5, 0.6) is 0 Å². The van der Waals surface area contributed by atoms with Crippen LogP contribution >= 0.6 is 0 Å². The van der Waals surface area contributed by atoms with Gasteiger partial charge in [0.25, 0.3) is 0 Å². The quantitative estimate of drug-likeness (QED) is 0.515. The van der Waals surface area contributed by atoms with E-state index in [0.717, 1.165) is 43.7 Å². The second kappa shape index (κ2) is 11.8. The van der Waals surface area contributed by atoms with Crippen molar-refractivity contribution in [2.24, 2.45) is 5.92 Å². The van der Waals surface area contributed by atoms with Crippen LogP contribution in [0, 0.1) is 11.7 Å². The monoisotopic (exact) mass is 506 g/mol. The largest absolute Gasteiger partial charge is 0.490 e. The minimum atomic E-state index is -5.08. The molecule has 0 radical (unpaired) electrons. The van der Waals surface area contributed by atoms with Gasteiger partial charge in [0.15, 0.2) is 0 Å². The van der Waals surface area contributed by atoms with Gasteiger partial charge in [-0.15, -0.1) is 0 Å². The number of alkyl halides is 3. The highest BCUT2D eigenvalue weighted by atomic mass is 19.4. The molecular formula is C25H26F4N4O3. The molecule has 7 nitrogen and oxygen atoms in total. The molecule has 36 heavy (non-hydrogen) atoms. The molecule has 2 heterocycles. The molecule has 0 atom stereocenters. The average Bonchev–Trinajstić information content (AvgIpc) is 3.32. The molecule has 1 aliphatic heterocycles. The van der Waals surface area contributed by atoms with Crippen molar-refractivity contribution in [2.75, 3.05) is 25.0 Å². The number of para-hydroxylation sites is 2. The smallest absolute Gasteiger partial charge is 0.475 e. The van der Waals surface area contributed by atoms with Crippen molar-refractivity contribution < 1.29 is 32.3 Å². The van der Waals surface area contributed by atoms with Crippen LogP contribution in [0.2, 0.25) is 0 Å². The Morgan fingerprint density at radius 3 is 2.22 bits per heavy atom. The van der Waals surface area contributed by atoms with E-state index < -0.39 is 12.1 Å². The second-order valence-corrected chi connectivity index (χ2v) is 8.33. The molecule has 11 heteroatoms. The summed E-state index contributed by atoms with van der Waals surface area (Å²) in [5.74, 6) is -2.81. The summed E-state index contributed by atoms with van der Waals surface area (Å²) >= 11 is 0. The SMILES string of the molecule is CN(C(=O)C1CCN(Cc2cnn(-c3ccccc3F)c2)CC1)c1ccccc1.O=C(O)C(F)(F)F. The Bertz CT molecular complexity index is 1160. The molecular weight excluding hydrogens is 480 g/mol. The molecule has 0 aliphatic carbocycles. The number of anilines is 1. The molecule has 1 saturated heterocycles. The predicted octanol–water partition coefficient (Wildman–Crippen LogP) is 4.52. The summed E-state index contributed by atoms with van der Waals surface area (Å²) < 4.78 is 47.3. The molecule has 0 spiro atoms. The number of likely N-dealkylation sites (tertiary alicyclic amines) is 1. The maximum atomic E-state index is 13.9. The van der Waals surface area contributed by atoms with E-state index in [-0.39, 0.29) is 17.6 Å². The van der Waals surface area contributed by atoms with Crippen molar-refractivity contribution in [3.63, 3.8) is 0 Å². The fraction of sp³-hybridized carbons (Fsp3) is 0.320. The fourth-order valence-electron chi connectivity index (χ4n) is 3.86. The molecule has 0 unspecified atom stereocenters. The standard InChI is InChI=1S/C23H25FN4O.C2HF3O2/c1-26(20-7-3-2-4-8-20)23(29)19-11-13-27(14-12-19)16-18-15-25-28(17-18)22-10-6-5-9-21(22)24;3-2(4,5)1(6)7/h2-10,15,17,19H,11-14,16H2,1H3;(H,6,7). The molecule has 1 amide bonds. The van der Waals surface area contributed by atoms with Crippen molar-refractivity contribution in [1.29, 1.82) is 0 Å². The Balaban J connectivity index is 0.000000454. The molecule has 0 saturated carbocycles. The first-order valence-electron chi connectivity index (χ1n) is 11.2. The summed E-state index contributed by atoms with van der Waals surface area (Å²) in [6.07, 6.45) is 0.264. The van der Waals surface area contributed by atoms with Gasteiger partial charge in [0.1, 0.15) is 11.5 Å². The maximum absolute atomic E-state index is 13.9. The van der Waals surface area contributed by atoms with Crippen LogP contribution in [0.25, 0.3) is 5.69 Å². The van der Waals surface area contributed by atoms with Crippen molar-refractivity contribution in [2.45, 2.75) is 25.6 Å². The number of halogens is 4. The van der Waals surface area contributed by atoms with Gasteiger partial charge < -0.3 is 10.0 Å². The van der Waals surface area contributed by atoms with Gasteiger partial charge in [0.05, 0.1) is 6.20 Å². The number of carboxylic acid groups (broad SMARTS) is 1. The lowest BCUT2D eigenvalue weighted by Crippen LogP contribution is -2.41. The van der Waals surface area contributed by atoms with E-state index in [2.05, 4.69) is 10.00 Å². The third-order valence-electron chi connectivity index (χ3n) is 5.79. The molecule has 1 N–H and O–H groups in total. The van der Waals surface area contributed by atoms with Gasteiger partial charge in [-0.3, -0.25) is 9.69 Å². The fourth-order valence-corrected chi connectivity index (χ4v) is 3.86. The zero-order chi connectivity index (χ0) is 26.3. The number of aliphatic carboxylic acids is 1. The van der Waals surface area contributed by atoms with Crippen molar-refractivity contribution in [1.82, 2.24) is 14.7 Å². The van der Waals surface area contributed by atoms with Gasteiger partial charge in [0, 0.05) is 37.0 Å². The first kappa shape index (κ1) is 26.9. The highest BCUT2D eigenvalue weighted by Crippen LogP contribution is 2.24. The molecule has 3 aromatic rings. The summed E-state index contributed by atoms with van der Waals surface area (Å²) in [5.41, 5.74) is 2.42. The Kier molecular flexibility index (Phi) is 8.81. The number of piperidine rings is 1. The zero-order valence-electron chi connectivity index (χ0n) is 19.5. The molecule has 4 rings (SSSR count). The molecule has 192 valence electrons. The summed E-state index contributed by atoms with van der Waals surface area (Å²) in [5, 5.41) is 11.4. The highest BCUT2D eigenvalue weighted by molar-refractivity contribution is 5.94. The van der Waals surface area contributed by atoms with Crippen LogP contribution in [0.15, 0.2) is 67.0 Å². The van der Waals surface area contributed by atoms with E-state index >= 15 is 0 Å². The molecule has 2 aromatic carbocycles. The highest BCUT2D eigenvalue weighted by Gasteiger charge is 2.38. The zero-order valence-corrected chi connectivity index (χ0v) is 19.5. The van der Waals surface area contributed by atoms with Crippen LogP contribution in [0.4, 0.5) is 23.2 Å². The number of rotatable bonds is 5. The van der Waals surface area contributed by atoms with Gasteiger partial charge in [-0.05, 0) is 50.2 Å². The summed E-state index contributed by atoms with van der Waals surface area (Å²) in [4.78, 5) is 25.8. The molecule has 0 bridgehead atoms. The Labute approximate surface area is 205 Å².